The minimum atomic E-state index is 0.0462. The molecule has 6 N–H and O–H groups in total. The summed E-state index contributed by atoms with van der Waals surface area (Å²) in [7, 11) is 0. The summed E-state index contributed by atoms with van der Waals surface area (Å²) >= 11 is 3.30. The summed E-state index contributed by atoms with van der Waals surface area (Å²) in [4.78, 5) is 12.4. The van der Waals surface area contributed by atoms with Crippen LogP contribution in [0.5, 0.6) is 0 Å². The van der Waals surface area contributed by atoms with Crippen LogP contribution in [-0.2, 0) is 12.3 Å². The largest absolute Gasteiger partial charge is 0.386 e. The summed E-state index contributed by atoms with van der Waals surface area (Å²) in [6.45, 7) is 1.80. The zero-order valence-corrected chi connectivity index (χ0v) is 16.1. The number of nitrogens with two attached hydrogens (primary N) is 2. The predicted molar refractivity (Wildman–Crippen MR) is 109 cm³/mol. The summed E-state index contributed by atoms with van der Waals surface area (Å²) in [5, 5.41) is 9.66. The van der Waals surface area contributed by atoms with Gasteiger partial charge in [-0.15, -0.1) is 11.3 Å². The molecule has 0 aromatic carbocycles. The van der Waals surface area contributed by atoms with Crippen molar-refractivity contribution in [1.82, 2.24) is 20.6 Å². The maximum Gasteiger partial charge on any atom is 0.212 e. The van der Waals surface area contributed by atoms with E-state index < -0.39 is 0 Å². The van der Waals surface area contributed by atoms with Crippen molar-refractivity contribution < 1.29 is 0 Å². The number of hydrogen-bond donors (Lipinski definition) is 4. The molecule has 0 spiro atoms. The Balaban J connectivity index is 1.33. The molecule has 0 amide bonds. The van der Waals surface area contributed by atoms with E-state index in [4.69, 9.17) is 11.5 Å². The van der Waals surface area contributed by atoms with Crippen molar-refractivity contribution >= 4 is 34.2 Å². The normalized spacial score (nSPS) is 13.2. The molecule has 2 aromatic heterocycles. The lowest BCUT2D eigenvalue weighted by Gasteiger charge is -2.26. The van der Waals surface area contributed by atoms with Gasteiger partial charge in [0.15, 0.2) is 5.96 Å². The van der Waals surface area contributed by atoms with Gasteiger partial charge in [0, 0.05) is 53.8 Å². The monoisotopic (exact) mass is 389 g/mol. The fraction of sp³-hybridized carbons (Fsp3) is 0.353. The van der Waals surface area contributed by atoms with Gasteiger partial charge in [-0.3, -0.25) is 4.98 Å². The minimum absolute atomic E-state index is 0.0462. The van der Waals surface area contributed by atoms with Gasteiger partial charge in [-0.05, 0) is 30.5 Å². The van der Waals surface area contributed by atoms with Gasteiger partial charge in [-0.25, -0.2) is 4.98 Å². The molecule has 138 valence electrons. The van der Waals surface area contributed by atoms with E-state index in [1.807, 2.05) is 41.7 Å². The fourth-order valence-electron chi connectivity index (χ4n) is 2.45. The first-order valence-electron chi connectivity index (χ1n) is 8.41. The van der Waals surface area contributed by atoms with E-state index in [1.54, 1.807) is 0 Å². The quantitative estimate of drug-likeness (QED) is 0.279. The van der Waals surface area contributed by atoms with E-state index >= 15 is 0 Å². The lowest BCUT2D eigenvalue weighted by molar-refractivity contribution is 0.606. The van der Waals surface area contributed by atoms with E-state index in [0.717, 1.165) is 43.1 Å². The van der Waals surface area contributed by atoms with Gasteiger partial charge in [-0.1, -0.05) is 0 Å². The molecule has 0 fully saturated rings. The second-order valence-electron chi connectivity index (χ2n) is 5.80. The van der Waals surface area contributed by atoms with Crippen LogP contribution in [0.15, 0.2) is 46.3 Å². The number of aliphatic imine (C=N–C) groups is 1. The van der Waals surface area contributed by atoms with E-state index in [2.05, 4.69) is 25.6 Å². The topological polar surface area (TPSA) is 114 Å². The number of rotatable bonds is 10. The van der Waals surface area contributed by atoms with E-state index in [-0.39, 0.29) is 5.96 Å². The molecule has 0 saturated heterocycles. The van der Waals surface area contributed by atoms with E-state index in [0.29, 0.717) is 5.13 Å². The van der Waals surface area contributed by atoms with Crippen LogP contribution < -0.4 is 22.1 Å². The van der Waals surface area contributed by atoms with Crippen molar-refractivity contribution in [3.05, 3.63) is 52.6 Å². The average molecular weight is 390 g/mol. The van der Waals surface area contributed by atoms with Crippen molar-refractivity contribution in [2.45, 2.75) is 25.1 Å². The lowest BCUT2D eigenvalue weighted by atomic mass is 10.0. The number of thioether (sulfide) groups is 1. The molecule has 9 heteroatoms. The third-order valence-corrected chi connectivity index (χ3v) is 5.62. The second-order valence-corrected chi connectivity index (χ2v) is 7.75. The van der Waals surface area contributed by atoms with Crippen molar-refractivity contribution in [1.29, 1.82) is 0 Å². The van der Waals surface area contributed by atoms with Crippen LogP contribution in [0, 0.1) is 0 Å². The van der Waals surface area contributed by atoms with Crippen LogP contribution in [0.3, 0.4) is 0 Å². The van der Waals surface area contributed by atoms with Crippen LogP contribution in [0.2, 0.25) is 0 Å². The molecule has 2 heterocycles. The first-order chi connectivity index (χ1) is 12.7. The van der Waals surface area contributed by atoms with Crippen LogP contribution in [-0.4, -0.2) is 28.2 Å². The van der Waals surface area contributed by atoms with Crippen LogP contribution in [0.1, 0.15) is 24.1 Å². The number of nitrogens with one attached hydrogen (secondary N) is 2. The molecule has 3 rings (SSSR count). The number of allylic oxidation sites excluding steroid dienone is 2. The Morgan fingerprint density at radius 3 is 2.69 bits per heavy atom. The zero-order valence-electron chi connectivity index (χ0n) is 14.4. The molecular formula is C17H23N7S2. The average Bonchev–Trinajstić information content (AvgIpc) is 3.04. The molecule has 1 aliphatic rings. The highest BCUT2D eigenvalue weighted by molar-refractivity contribution is 7.98. The number of aromatic nitrogens is 2. The van der Waals surface area contributed by atoms with Crippen LogP contribution in [0.25, 0.3) is 0 Å². The van der Waals surface area contributed by atoms with Crippen LogP contribution in [0.4, 0.5) is 5.13 Å². The van der Waals surface area contributed by atoms with E-state index in [9.17, 15) is 0 Å². The Morgan fingerprint density at radius 2 is 1.96 bits per heavy atom. The fourth-order valence-corrected chi connectivity index (χ4v) is 4.01. The molecule has 26 heavy (non-hydrogen) atoms. The highest BCUT2D eigenvalue weighted by Crippen LogP contribution is 2.24. The SMILES string of the molecule is NC(N)=Nc1nc(CSCCNC2=C(NCc3ccncc3)CC2)cs1. The maximum absolute atomic E-state index is 5.35. The van der Waals surface area contributed by atoms with Crippen LogP contribution >= 0.6 is 23.1 Å². The highest BCUT2D eigenvalue weighted by Gasteiger charge is 2.16. The molecular weight excluding hydrogens is 366 g/mol. The first kappa shape index (κ1) is 18.5. The smallest absolute Gasteiger partial charge is 0.212 e. The Hall–Kier alpha value is -2.26. The van der Waals surface area contributed by atoms with Gasteiger partial charge in [0.1, 0.15) is 0 Å². The van der Waals surface area contributed by atoms with Gasteiger partial charge >= 0.3 is 0 Å². The summed E-state index contributed by atoms with van der Waals surface area (Å²) < 4.78 is 0. The van der Waals surface area contributed by atoms with Gasteiger partial charge in [-0.2, -0.15) is 16.8 Å². The van der Waals surface area contributed by atoms with Crippen molar-refractivity contribution in [2.24, 2.45) is 16.5 Å². The van der Waals surface area contributed by atoms with Gasteiger partial charge in [0.2, 0.25) is 5.13 Å². The summed E-state index contributed by atoms with van der Waals surface area (Å²) in [6, 6.07) is 4.07. The van der Waals surface area contributed by atoms with E-state index in [1.165, 1.54) is 28.3 Å². The van der Waals surface area contributed by atoms with Gasteiger partial charge in [0.25, 0.3) is 0 Å². The zero-order chi connectivity index (χ0) is 18.2. The number of guanidine groups is 1. The molecule has 7 nitrogen and oxygen atoms in total. The molecule has 0 bridgehead atoms. The van der Waals surface area contributed by atoms with Crippen molar-refractivity contribution in [2.75, 3.05) is 12.3 Å². The molecule has 1 aliphatic carbocycles. The summed E-state index contributed by atoms with van der Waals surface area (Å²) in [6.07, 6.45) is 5.89. The first-order valence-corrected chi connectivity index (χ1v) is 10.4. The highest BCUT2D eigenvalue weighted by atomic mass is 32.2. The standard InChI is InChI=1S/C17H23N7S2/c18-16(19)24-17-23-13(11-26-17)10-25-8-7-21-14-1-2-15(14)22-9-12-3-5-20-6-4-12/h3-6,11,21-22H,1-2,7-10H2,(H4,18,19,23,24). The molecule has 0 saturated carbocycles. The summed E-state index contributed by atoms with van der Waals surface area (Å²) in [5.74, 6) is 1.94. The Bertz CT molecular complexity index is 766. The lowest BCUT2D eigenvalue weighted by Crippen LogP contribution is -2.29. The number of nitrogens with zero attached hydrogens (tertiary/aromatic N) is 3. The number of thiazole rings is 1. The molecule has 2 aromatic rings. The number of hydrogen-bond acceptors (Lipinski definition) is 7. The molecule has 0 radical (unpaired) electrons. The Kier molecular flexibility index (Phi) is 6.73. The van der Waals surface area contributed by atoms with Gasteiger partial charge < -0.3 is 22.1 Å². The Morgan fingerprint density at radius 1 is 1.19 bits per heavy atom. The second kappa shape index (κ2) is 9.44. The maximum atomic E-state index is 5.35. The van der Waals surface area contributed by atoms with Gasteiger partial charge in [0.05, 0.1) is 5.69 Å². The summed E-state index contributed by atoms with van der Waals surface area (Å²) in [5.41, 5.74) is 15.6. The number of pyridine rings is 1. The predicted octanol–water partition coefficient (Wildman–Crippen LogP) is 2.06. The van der Waals surface area contributed by atoms with Crippen molar-refractivity contribution in [3.8, 4) is 0 Å². The molecule has 0 atom stereocenters. The molecule has 0 aliphatic heterocycles. The minimum Gasteiger partial charge on any atom is -0.386 e. The Labute approximate surface area is 161 Å². The molecule has 0 unspecified atom stereocenters. The third kappa shape index (κ3) is 5.63. The third-order valence-electron chi connectivity index (χ3n) is 3.84. The van der Waals surface area contributed by atoms with Crippen molar-refractivity contribution in [3.63, 3.8) is 0 Å².